The van der Waals surface area contributed by atoms with E-state index >= 15 is 0 Å². The van der Waals surface area contributed by atoms with Gasteiger partial charge in [0.05, 0.1) is 0 Å². The average Bonchev–Trinajstić information content (AvgIpc) is 2.38. The Bertz CT molecular complexity index is 408. The third-order valence-corrected chi connectivity index (χ3v) is 4.62. The van der Waals surface area contributed by atoms with Crippen LogP contribution in [0.3, 0.4) is 0 Å². The molecule has 1 saturated heterocycles. The summed E-state index contributed by atoms with van der Waals surface area (Å²) in [4.78, 5) is 15.1. The van der Waals surface area contributed by atoms with Gasteiger partial charge in [0.25, 0.3) is 5.91 Å². The molecule has 1 aromatic carbocycles. The van der Waals surface area contributed by atoms with Crippen molar-refractivity contribution >= 4 is 30.3 Å². The average molecular weight is 267 g/mol. The van der Waals surface area contributed by atoms with Crippen molar-refractivity contribution in [1.82, 2.24) is 4.90 Å². The Balaban J connectivity index is 2.09. The zero-order valence-electron chi connectivity index (χ0n) is 9.93. The lowest BCUT2D eigenvalue weighted by Gasteiger charge is -2.32. The topological polar surface area (TPSA) is 20.3 Å². The van der Waals surface area contributed by atoms with E-state index in [9.17, 15) is 4.79 Å². The molecule has 92 valence electrons. The smallest absolute Gasteiger partial charge is 0.253 e. The fourth-order valence-corrected chi connectivity index (χ4v) is 3.38. The standard InChI is InChI=1S/C13H17NOS2/c1-2-12-9-14(6-7-17-12)13(15)10-4-3-5-11(16)8-10/h3-5,8,12,16H,2,6-7,9H2,1H3. The lowest BCUT2D eigenvalue weighted by atomic mass is 10.2. The van der Waals surface area contributed by atoms with Crippen molar-refractivity contribution < 1.29 is 4.79 Å². The van der Waals surface area contributed by atoms with Crippen LogP contribution < -0.4 is 0 Å². The summed E-state index contributed by atoms with van der Waals surface area (Å²) in [5.41, 5.74) is 0.749. The van der Waals surface area contributed by atoms with Crippen LogP contribution in [-0.4, -0.2) is 34.9 Å². The van der Waals surface area contributed by atoms with Crippen molar-refractivity contribution in [1.29, 1.82) is 0 Å². The van der Waals surface area contributed by atoms with Gasteiger partial charge < -0.3 is 4.90 Å². The van der Waals surface area contributed by atoms with Crippen LogP contribution in [0.15, 0.2) is 29.2 Å². The molecular weight excluding hydrogens is 250 g/mol. The van der Waals surface area contributed by atoms with Crippen molar-refractivity contribution in [2.24, 2.45) is 0 Å². The molecule has 4 heteroatoms. The van der Waals surface area contributed by atoms with Gasteiger partial charge in [-0.25, -0.2) is 0 Å². The van der Waals surface area contributed by atoms with E-state index in [1.165, 1.54) is 0 Å². The number of rotatable bonds is 2. The summed E-state index contributed by atoms with van der Waals surface area (Å²) in [6, 6.07) is 7.48. The second-order valence-electron chi connectivity index (χ2n) is 4.20. The fourth-order valence-electron chi connectivity index (χ4n) is 1.97. The first kappa shape index (κ1) is 12.8. The van der Waals surface area contributed by atoms with Gasteiger partial charge in [-0.05, 0) is 24.6 Å². The third kappa shape index (κ3) is 3.19. The van der Waals surface area contributed by atoms with Crippen molar-refractivity contribution in [3.63, 3.8) is 0 Å². The highest BCUT2D eigenvalue weighted by Gasteiger charge is 2.23. The number of carbonyl (C=O) groups is 1. The molecule has 2 nitrogen and oxygen atoms in total. The van der Waals surface area contributed by atoms with Gasteiger partial charge in [0, 0.05) is 34.6 Å². The van der Waals surface area contributed by atoms with Gasteiger partial charge in [-0.2, -0.15) is 11.8 Å². The predicted molar refractivity (Wildman–Crippen MR) is 76.1 cm³/mol. The molecule has 17 heavy (non-hydrogen) atoms. The summed E-state index contributed by atoms with van der Waals surface area (Å²) in [6.07, 6.45) is 1.13. The minimum absolute atomic E-state index is 0.139. The Morgan fingerprint density at radius 2 is 2.41 bits per heavy atom. The number of amides is 1. The zero-order valence-corrected chi connectivity index (χ0v) is 11.6. The first-order valence-electron chi connectivity index (χ1n) is 5.90. The maximum atomic E-state index is 12.3. The number of hydrogen-bond donors (Lipinski definition) is 1. The Kier molecular flexibility index (Phi) is 4.40. The van der Waals surface area contributed by atoms with Crippen LogP contribution in [0, 0.1) is 0 Å². The predicted octanol–water partition coefficient (Wildman–Crippen LogP) is 2.94. The molecular formula is C13H17NOS2. The van der Waals surface area contributed by atoms with Gasteiger partial charge in [0.1, 0.15) is 0 Å². The Labute approximate surface area is 112 Å². The van der Waals surface area contributed by atoms with Gasteiger partial charge in [-0.1, -0.05) is 13.0 Å². The molecule has 1 amide bonds. The molecule has 0 N–H and O–H groups in total. The lowest BCUT2D eigenvalue weighted by Crippen LogP contribution is -2.41. The Hall–Kier alpha value is -0.610. The van der Waals surface area contributed by atoms with E-state index in [1.54, 1.807) is 0 Å². The molecule has 0 aromatic heterocycles. The summed E-state index contributed by atoms with van der Waals surface area (Å²) in [5.74, 6) is 1.19. The molecule has 0 aliphatic carbocycles. The molecule has 1 atom stereocenters. The minimum Gasteiger partial charge on any atom is -0.337 e. The molecule has 0 bridgehead atoms. The highest BCUT2D eigenvalue weighted by atomic mass is 32.2. The van der Waals surface area contributed by atoms with E-state index in [0.717, 1.165) is 35.7 Å². The summed E-state index contributed by atoms with van der Waals surface area (Å²) in [6.45, 7) is 3.91. The number of carbonyl (C=O) groups excluding carboxylic acids is 1. The lowest BCUT2D eigenvalue weighted by molar-refractivity contribution is 0.0760. The fraction of sp³-hybridized carbons (Fsp3) is 0.462. The largest absolute Gasteiger partial charge is 0.337 e. The summed E-state index contributed by atoms with van der Waals surface area (Å²) >= 11 is 6.25. The first-order valence-corrected chi connectivity index (χ1v) is 7.40. The monoisotopic (exact) mass is 267 g/mol. The molecule has 1 aromatic rings. The maximum absolute atomic E-state index is 12.3. The number of hydrogen-bond acceptors (Lipinski definition) is 3. The molecule has 1 heterocycles. The number of thioether (sulfide) groups is 1. The molecule has 1 aliphatic rings. The number of nitrogens with zero attached hydrogens (tertiary/aromatic N) is 1. The molecule has 1 aliphatic heterocycles. The quantitative estimate of drug-likeness (QED) is 0.831. The maximum Gasteiger partial charge on any atom is 0.253 e. The third-order valence-electron chi connectivity index (χ3n) is 2.97. The van der Waals surface area contributed by atoms with Crippen LogP contribution in [-0.2, 0) is 0 Å². The van der Waals surface area contributed by atoms with Crippen LogP contribution in [0.25, 0.3) is 0 Å². The second kappa shape index (κ2) is 5.83. The van der Waals surface area contributed by atoms with Gasteiger partial charge in [0.15, 0.2) is 0 Å². The van der Waals surface area contributed by atoms with Crippen molar-refractivity contribution in [3.8, 4) is 0 Å². The van der Waals surface area contributed by atoms with Gasteiger partial charge >= 0.3 is 0 Å². The first-order chi connectivity index (χ1) is 8.20. The van der Waals surface area contributed by atoms with Crippen molar-refractivity contribution in [2.45, 2.75) is 23.5 Å². The van der Waals surface area contributed by atoms with Crippen LogP contribution in [0.2, 0.25) is 0 Å². The molecule has 0 saturated carbocycles. The van der Waals surface area contributed by atoms with Crippen LogP contribution in [0.1, 0.15) is 23.7 Å². The van der Waals surface area contributed by atoms with Crippen LogP contribution >= 0.6 is 24.4 Å². The van der Waals surface area contributed by atoms with E-state index in [1.807, 2.05) is 40.9 Å². The van der Waals surface area contributed by atoms with E-state index in [0.29, 0.717) is 5.25 Å². The van der Waals surface area contributed by atoms with Crippen LogP contribution in [0.5, 0.6) is 0 Å². The van der Waals surface area contributed by atoms with Crippen molar-refractivity contribution in [2.75, 3.05) is 18.8 Å². The van der Waals surface area contributed by atoms with E-state index in [2.05, 4.69) is 19.6 Å². The van der Waals surface area contributed by atoms with Crippen molar-refractivity contribution in [3.05, 3.63) is 29.8 Å². The molecule has 1 unspecified atom stereocenters. The van der Waals surface area contributed by atoms with E-state index in [4.69, 9.17) is 0 Å². The molecule has 0 radical (unpaired) electrons. The van der Waals surface area contributed by atoms with E-state index < -0.39 is 0 Å². The summed E-state index contributed by atoms with van der Waals surface area (Å²) in [7, 11) is 0. The summed E-state index contributed by atoms with van der Waals surface area (Å²) in [5, 5.41) is 0.590. The highest BCUT2D eigenvalue weighted by molar-refractivity contribution is 8.00. The highest BCUT2D eigenvalue weighted by Crippen LogP contribution is 2.22. The van der Waals surface area contributed by atoms with Gasteiger partial charge in [-0.15, -0.1) is 12.6 Å². The Morgan fingerprint density at radius 1 is 1.59 bits per heavy atom. The second-order valence-corrected chi connectivity index (χ2v) is 6.13. The molecule has 2 rings (SSSR count). The van der Waals surface area contributed by atoms with Gasteiger partial charge in [-0.3, -0.25) is 4.79 Å². The van der Waals surface area contributed by atoms with Crippen LogP contribution in [0.4, 0.5) is 0 Å². The summed E-state index contributed by atoms with van der Waals surface area (Å²) < 4.78 is 0. The number of thiol groups is 1. The molecule has 1 fully saturated rings. The number of benzene rings is 1. The normalized spacial score (nSPS) is 20.4. The minimum atomic E-state index is 0.139. The SMILES string of the molecule is CCC1CN(C(=O)c2cccc(S)c2)CCS1. The zero-order chi connectivity index (χ0) is 12.3. The Morgan fingerprint density at radius 3 is 3.12 bits per heavy atom. The molecule has 0 spiro atoms. The van der Waals surface area contributed by atoms with E-state index in [-0.39, 0.29) is 5.91 Å². The van der Waals surface area contributed by atoms with Gasteiger partial charge in [0.2, 0.25) is 0 Å².